The number of fused-ring (bicyclic) bond motifs is 3. The van der Waals surface area contributed by atoms with Gasteiger partial charge in [-0.05, 0) is 57.2 Å². The smallest absolute Gasteiger partial charge is 0.143 e. The first-order valence-electron chi connectivity index (χ1n) is 17.9. The van der Waals surface area contributed by atoms with Crippen molar-refractivity contribution in [2.45, 2.75) is 32.6 Å². The quantitative estimate of drug-likeness (QED) is 0.104. The van der Waals surface area contributed by atoms with Gasteiger partial charge in [0, 0.05) is 56.3 Å². The van der Waals surface area contributed by atoms with Gasteiger partial charge in [-0.15, -0.1) is 29.8 Å². The first kappa shape index (κ1) is 36.8. The minimum Gasteiger partial charge on any atom is -0.500 e. The van der Waals surface area contributed by atoms with Crippen LogP contribution in [0, 0.1) is 38.2 Å². The Morgan fingerprint density at radius 2 is 1.07 bits per heavy atom. The number of rotatable bonds is 9. The van der Waals surface area contributed by atoms with E-state index in [1.165, 1.54) is 5.56 Å². The van der Waals surface area contributed by atoms with Crippen molar-refractivity contribution in [1.82, 2.24) is 19.9 Å². The second kappa shape index (κ2) is 16.7. The molecule has 0 atom stereocenters. The minimum absolute atomic E-state index is 0. The normalized spacial score (nSPS) is 14.1. The van der Waals surface area contributed by atoms with E-state index in [0.29, 0.717) is 5.92 Å². The average molecular weight is 889 g/mol. The fourth-order valence-corrected chi connectivity index (χ4v) is 6.59. The zero-order valence-corrected chi connectivity index (χ0v) is 32.8. The average Bonchev–Trinajstić information content (AvgIpc) is 3.89. The Bertz CT molecular complexity index is 2020. The molecular weight excluding hydrogens is 849 g/mol. The number of pyridine rings is 2. The standard InChI is InChI=1S/C28H24N6.C15H16N4.Ir/c1-3-11-23(12-4-1)33-21-31(25-15-9-17-29-27(25)33)19-7-8-20-32-22-34(24-13-5-2-6-14-24)28-26(32)16-10-18-30-28;1-11(2)12-4-6-13(7-5-12)19-10-18(3)14-15(19)17-9-8-16-14;/h1-6,9-11,13,15-18,21-22H,7-8,19-20H2;4-6,8-11H,1-3H3;/q-4;-2;. The van der Waals surface area contributed by atoms with E-state index >= 15 is 0 Å². The molecule has 0 saturated carbocycles. The molecular formula is C43H40IrN10-6. The Labute approximate surface area is 332 Å². The Kier molecular flexibility index (Phi) is 11.4. The van der Waals surface area contributed by atoms with Crippen LogP contribution in [0.1, 0.15) is 38.2 Å². The van der Waals surface area contributed by atoms with Crippen molar-refractivity contribution in [3.63, 3.8) is 0 Å². The van der Waals surface area contributed by atoms with Crippen LogP contribution in [0.15, 0.2) is 116 Å². The number of nitrogens with zero attached hydrogens (tertiary/aromatic N) is 10. The molecule has 3 aromatic heterocycles. The number of benzene rings is 3. The van der Waals surface area contributed by atoms with E-state index in [1.807, 2.05) is 90.5 Å². The molecule has 0 amide bonds. The van der Waals surface area contributed by atoms with Crippen LogP contribution in [0.5, 0.6) is 0 Å². The van der Waals surface area contributed by atoms with Gasteiger partial charge in [0.2, 0.25) is 0 Å². The number of hydrogen-bond acceptors (Lipinski definition) is 10. The summed E-state index contributed by atoms with van der Waals surface area (Å²) in [5, 5.41) is 0. The summed E-state index contributed by atoms with van der Waals surface area (Å²) in [5.74, 6) is 4.13. The van der Waals surface area contributed by atoms with Crippen LogP contribution in [-0.4, -0.2) is 40.1 Å². The topological polar surface area (TPSA) is 71.0 Å². The van der Waals surface area contributed by atoms with Crippen LogP contribution >= 0.6 is 0 Å². The molecule has 0 bridgehead atoms. The Morgan fingerprint density at radius 3 is 1.57 bits per heavy atom. The van der Waals surface area contributed by atoms with Crippen LogP contribution in [0.25, 0.3) is 0 Å². The molecule has 10 nitrogen and oxygen atoms in total. The largest absolute Gasteiger partial charge is 0.500 e. The first-order valence-corrected chi connectivity index (χ1v) is 17.9. The number of unbranched alkanes of at least 4 members (excludes halogenated alkanes) is 1. The minimum atomic E-state index is 0. The number of para-hydroxylation sites is 2. The molecule has 3 aliphatic heterocycles. The first-order chi connectivity index (χ1) is 26.0. The van der Waals surface area contributed by atoms with Gasteiger partial charge in [0.15, 0.2) is 0 Å². The zero-order chi connectivity index (χ0) is 36.1. The fourth-order valence-electron chi connectivity index (χ4n) is 6.59. The predicted molar refractivity (Wildman–Crippen MR) is 212 cm³/mol. The monoisotopic (exact) mass is 889 g/mol. The van der Waals surface area contributed by atoms with Crippen LogP contribution in [-0.2, 0) is 20.1 Å². The van der Waals surface area contributed by atoms with Gasteiger partial charge in [0.1, 0.15) is 23.3 Å². The molecule has 1 radical (unpaired) electrons. The van der Waals surface area contributed by atoms with E-state index in [1.54, 1.807) is 12.4 Å². The van der Waals surface area contributed by atoms with Gasteiger partial charge in [-0.25, -0.2) is 19.9 Å². The summed E-state index contributed by atoms with van der Waals surface area (Å²) in [6.45, 7) is 12.5. The summed E-state index contributed by atoms with van der Waals surface area (Å²) in [6.07, 6.45) is 9.20. The van der Waals surface area contributed by atoms with Gasteiger partial charge in [-0.2, -0.15) is 97.8 Å². The van der Waals surface area contributed by atoms with Gasteiger partial charge in [-0.3, -0.25) is 0 Å². The Hall–Kier alpha value is -5.51. The van der Waals surface area contributed by atoms with Gasteiger partial charge in [0.05, 0.1) is 0 Å². The number of anilines is 9. The van der Waals surface area contributed by atoms with Crippen molar-refractivity contribution in [3.8, 4) is 0 Å². The van der Waals surface area contributed by atoms with Crippen LogP contribution in [0.4, 0.5) is 51.7 Å². The van der Waals surface area contributed by atoms with Crippen molar-refractivity contribution in [2.24, 2.45) is 0 Å². The predicted octanol–water partition coefficient (Wildman–Crippen LogP) is 8.82. The van der Waals surface area contributed by atoms with Gasteiger partial charge >= 0.3 is 0 Å². The summed E-state index contributed by atoms with van der Waals surface area (Å²) < 4.78 is 0. The number of aromatic nitrogens is 4. The zero-order valence-electron chi connectivity index (χ0n) is 30.4. The van der Waals surface area contributed by atoms with Crippen LogP contribution in [0.2, 0.25) is 0 Å². The summed E-state index contributed by atoms with van der Waals surface area (Å²) in [4.78, 5) is 30.8. The molecule has 0 unspecified atom stereocenters. The second-order valence-corrected chi connectivity index (χ2v) is 13.2. The third-order valence-corrected chi connectivity index (χ3v) is 9.33. The second-order valence-electron chi connectivity index (χ2n) is 13.2. The summed E-state index contributed by atoms with van der Waals surface area (Å²) in [5.41, 5.74) is 6.53. The van der Waals surface area contributed by atoms with Gasteiger partial charge in [0.25, 0.3) is 0 Å². The van der Waals surface area contributed by atoms with Crippen molar-refractivity contribution in [3.05, 3.63) is 160 Å². The molecule has 11 heteroatoms. The molecule has 6 heterocycles. The Balaban J connectivity index is 0.000000191. The maximum atomic E-state index is 4.63. The summed E-state index contributed by atoms with van der Waals surface area (Å²) in [7, 11) is 1.97. The van der Waals surface area contributed by atoms with Crippen molar-refractivity contribution in [2.75, 3.05) is 49.5 Å². The van der Waals surface area contributed by atoms with Crippen molar-refractivity contribution < 1.29 is 20.1 Å². The summed E-state index contributed by atoms with van der Waals surface area (Å²) >= 11 is 0. The molecule has 0 saturated heterocycles. The molecule has 277 valence electrons. The molecule has 9 rings (SSSR count). The van der Waals surface area contributed by atoms with E-state index in [0.717, 1.165) is 77.6 Å². The van der Waals surface area contributed by atoms with Gasteiger partial charge < -0.3 is 29.4 Å². The van der Waals surface area contributed by atoms with Crippen LogP contribution < -0.4 is 29.4 Å². The molecule has 0 aliphatic carbocycles. The third-order valence-electron chi connectivity index (χ3n) is 9.33. The number of hydrogen-bond donors (Lipinski definition) is 0. The Morgan fingerprint density at radius 1 is 0.556 bits per heavy atom. The molecule has 0 N–H and O–H groups in total. The fraction of sp³-hybridized carbons (Fsp3) is 0.186. The molecule has 0 fully saturated rings. The SMILES string of the molecule is CC(C)c1c[c-]c(N2[CH-]N(C)c3nccnc32)cc1.[Ir].[c-]1ccccc1N1[CH-]N(CCCCN2[CH-]N(c3[c-]cccc3)c3ncccc32)c2cccnc21. The maximum Gasteiger partial charge on any atom is 0.143 e. The van der Waals surface area contributed by atoms with E-state index < -0.39 is 0 Å². The van der Waals surface area contributed by atoms with Gasteiger partial charge in [-0.1, -0.05) is 19.8 Å². The van der Waals surface area contributed by atoms with E-state index in [-0.39, 0.29) is 20.1 Å². The third kappa shape index (κ3) is 7.60. The van der Waals surface area contributed by atoms with E-state index in [2.05, 4.69) is 121 Å². The van der Waals surface area contributed by atoms with E-state index in [9.17, 15) is 0 Å². The molecule has 3 aliphatic rings. The maximum absolute atomic E-state index is 4.63. The van der Waals surface area contributed by atoms with Crippen molar-refractivity contribution in [1.29, 1.82) is 0 Å². The molecule has 3 aromatic carbocycles. The van der Waals surface area contributed by atoms with Crippen molar-refractivity contribution >= 4 is 51.7 Å². The van der Waals surface area contributed by atoms with Crippen LogP contribution in [0.3, 0.4) is 0 Å². The molecule has 0 spiro atoms. The van der Waals surface area contributed by atoms with E-state index in [4.69, 9.17) is 0 Å². The summed E-state index contributed by atoms with van der Waals surface area (Å²) in [6, 6.07) is 40.5. The molecule has 6 aromatic rings. The molecule has 54 heavy (non-hydrogen) atoms.